The fraction of sp³-hybridized carbons (Fsp3) is 0.391. The van der Waals surface area contributed by atoms with Crippen LogP contribution in [-0.2, 0) is 16.6 Å². The molecule has 1 aliphatic heterocycles. The molecule has 0 spiro atoms. The Kier molecular flexibility index (Phi) is 4.71. The number of benzene rings is 2. The van der Waals surface area contributed by atoms with Crippen molar-refractivity contribution in [2.45, 2.75) is 30.7 Å². The van der Waals surface area contributed by atoms with E-state index in [0.29, 0.717) is 24.1 Å². The second-order valence-electron chi connectivity index (χ2n) is 8.27. The first-order valence-electron chi connectivity index (χ1n) is 9.76. The Morgan fingerprint density at radius 1 is 1.29 bits per heavy atom. The van der Waals surface area contributed by atoms with Gasteiger partial charge in [-0.2, -0.15) is 0 Å². The summed E-state index contributed by atoms with van der Waals surface area (Å²) >= 11 is 0. The van der Waals surface area contributed by atoms with E-state index < -0.39 is 11.9 Å². The summed E-state index contributed by atoms with van der Waals surface area (Å²) < 4.78 is 0. The molecular weight excluding hydrogens is 350 g/mol. The molecule has 145 valence electrons. The van der Waals surface area contributed by atoms with Gasteiger partial charge in [0.2, 0.25) is 5.91 Å². The number of primary amides is 1. The lowest BCUT2D eigenvalue weighted by Crippen LogP contribution is -2.37. The van der Waals surface area contributed by atoms with Crippen molar-refractivity contribution >= 4 is 11.8 Å². The molecule has 1 unspecified atom stereocenters. The molecule has 2 aromatic carbocycles. The SMILES string of the molecule is CN(C)CC1(c2cccc(CCN3C(=O)c4ccc[c]c4C3C(N)=O)c2)CC1. The summed E-state index contributed by atoms with van der Waals surface area (Å²) in [5, 5.41) is 0. The second-order valence-corrected chi connectivity index (χ2v) is 8.27. The maximum Gasteiger partial charge on any atom is 0.255 e. The van der Waals surface area contributed by atoms with E-state index in [-0.39, 0.29) is 11.3 Å². The minimum atomic E-state index is -0.726. The van der Waals surface area contributed by atoms with Crippen molar-refractivity contribution in [2.24, 2.45) is 5.73 Å². The van der Waals surface area contributed by atoms with Crippen LogP contribution in [0.4, 0.5) is 0 Å². The molecule has 2 aromatic rings. The van der Waals surface area contributed by atoms with Gasteiger partial charge in [0.15, 0.2) is 0 Å². The molecule has 28 heavy (non-hydrogen) atoms. The summed E-state index contributed by atoms with van der Waals surface area (Å²) in [6, 6.07) is 16.2. The number of nitrogens with zero attached hydrogens (tertiary/aromatic N) is 2. The molecule has 1 radical (unpaired) electrons. The Bertz CT molecular complexity index is 918. The van der Waals surface area contributed by atoms with Crippen LogP contribution in [0.2, 0.25) is 0 Å². The molecule has 2 amide bonds. The van der Waals surface area contributed by atoms with Crippen LogP contribution in [-0.4, -0.2) is 48.8 Å². The fourth-order valence-corrected chi connectivity index (χ4v) is 4.42. The van der Waals surface area contributed by atoms with Crippen LogP contribution in [0.5, 0.6) is 0 Å². The molecule has 4 rings (SSSR count). The molecule has 2 aliphatic rings. The second kappa shape index (κ2) is 7.06. The van der Waals surface area contributed by atoms with E-state index in [1.54, 1.807) is 23.1 Å². The smallest absolute Gasteiger partial charge is 0.255 e. The van der Waals surface area contributed by atoms with Gasteiger partial charge in [-0.05, 0) is 56.6 Å². The highest BCUT2D eigenvalue weighted by Crippen LogP contribution is 2.48. The topological polar surface area (TPSA) is 66.6 Å². The number of fused-ring (bicyclic) bond motifs is 1. The fourth-order valence-electron chi connectivity index (χ4n) is 4.42. The van der Waals surface area contributed by atoms with Crippen molar-refractivity contribution < 1.29 is 9.59 Å². The van der Waals surface area contributed by atoms with Gasteiger partial charge in [0.1, 0.15) is 6.04 Å². The van der Waals surface area contributed by atoms with Gasteiger partial charge < -0.3 is 15.5 Å². The molecule has 1 fully saturated rings. The minimum Gasteiger partial charge on any atom is -0.368 e. The van der Waals surface area contributed by atoms with Gasteiger partial charge in [0.25, 0.3) is 5.91 Å². The predicted octanol–water partition coefficient (Wildman–Crippen LogP) is 2.30. The van der Waals surface area contributed by atoms with Crippen LogP contribution >= 0.6 is 0 Å². The van der Waals surface area contributed by atoms with Crippen molar-refractivity contribution in [3.05, 3.63) is 70.8 Å². The lowest BCUT2D eigenvalue weighted by molar-refractivity contribution is -0.122. The zero-order valence-electron chi connectivity index (χ0n) is 16.4. The first-order valence-corrected chi connectivity index (χ1v) is 9.76. The molecule has 0 bridgehead atoms. The summed E-state index contributed by atoms with van der Waals surface area (Å²) in [4.78, 5) is 28.6. The Morgan fingerprint density at radius 3 is 2.75 bits per heavy atom. The van der Waals surface area contributed by atoms with E-state index in [2.05, 4.69) is 49.3 Å². The quantitative estimate of drug-likeness (QED) is 0.806. The molecule has 1 saturated carbocycles. The van der Waals surface area contributed by atoms with E-state index in [4.69, 9.17) is 5.73 Å². The van der Waals surface area contributed by atoms with Crippen LogP contribution in [0.3, 0.4) is 0 Å². The van der Waals surface area contributed by atoms with Crippen LogP contribution in [0.1, 0.15) is 45.9 Å². The monoisotopic (exact) mass is 376 g/mol. The van der Waals surface area contributed by atoms with Crippen LogP contribution in [0.15, 0.2) is 42.5 Å². The summed E-state index contributed by atoms with van der Waals surface area (Å²) in [5.41, 5.74) is 9.55. The summed E-state index contributed by atoms with van der Waals surface area (Å²) in [6.45, 7) is 1.51. The van der Waals surface area contributed by atoms with Gasteiger partial charge in [0.05, 0.1) is 0 Å². The number of rotatable bonds is 7. The minimum absolute atomic E-state index is 0.141. The summed E-state index contributed by atoms with van der Waals surface area (Å²) in [5.74, 6) is -0.649. The van der Waals surface area contributed by atoms with Crippen molar-refractivity contribution in [1.82, 2.24) is 9.80 Å². The van der Waals surface area contributed by atoms with Gasteiger partial charge in [-0.25, -0.2) is 0 Å². The van der Waals surface area contributed by atoms with Gasteiger partial charge in [-0.1, -0.05) is 36.4 Å². The molecular formula is C23H26N3O2. The normalized spacial score (nSPS) is 19.8. The van der Waals surface area contributed by atoms with Gasteiger partial charge in [0, 0.05) is 29.6 Å². The predicted molar refractivity (Wildman–Crippen MR) is 108 cm³/mol. The van der Waals surface area contributed by atoms with E-state index in [0.717, 1.165) is 6.54 Å². The highest BCUT2D eigenvalue weighted by atomic mass is 16.2. The zero-order valence-corrected chi connectivity index (χ0v) is 16.4. The van der Waals surface area contributed by atoms with Crippen molar-refractivity contribution in [2.75, 3.05) is 27.2 Å². The highest BCUT2D eigenvalue weighted by Gasteiger charge is 2.44. The number of likely N-dealkylation sites (N-methyl/N-ethyl adjacent to an activating group) is 1. The molecule has 5 nitrogen and oxygen atoms in total. The number of hydrogen-bond donors (Lipinski definition) is 1. The molecule has 0 saturated heterocycles. The third kappa shape index (κ3) is 3.31. The first kappa shape index (κ1) is 18.7. The Hall–Kier alpha value is -2.66. The summed E-state index contributed by atoms with van der Waals surface area (Å²) in [6.07, 6.45) is 3.12. The van der Waals surface area contributed by atoms with Gasteiger partial charge in [-0.15, -0.1) is 0 Å². The standard InChI is InChI=1S/C23H26N3O2/c1-25(2)15-23(11-12-23)17-7-5-6-16(14-17)10-13-26-20(21(24)27)18-8-3-4-9-19(18)22(26)28/h3-7,9,14,20H,10-13,15H2,1-2H3,(H2,24,27). The van der Waals surface area contributed by atoms with E-state index in [1.165, 1.54) is 24.0 Å². The average Bonchev–Trinajstić information content (AvgIpc) is 3.38. The van der Waals surface area contributed by atoms with Crippen LogP contribution in [0.25, 0.3) is 0 Å². The lowest BCUT2D eigenvalue weighted by atomic mass is 9.93. The van der Waals surface area contributed by atoms with Crippen molar-refractivity contribution in [3.8, 4) is 0 Å². The third-order valence-electron chi connectivity index (χ3n) is 5.89. The first-order chi connectivity index (χ1) is 13.4. The lowest BCUT2D eigenvalue weighted by Gasteiger charge is -2.24. The molecule has 0 aromatic heterocycles. The molecule has 5 heteroatoms. The Morgan fingerprint density at radius 2 is 2.07 bits per heavy atom. The summed E-state index contributed by atoms with van der Waals surface area (Å²) in [7, 11) is 4.23. The number of nitrogens with two attached hydrogens (primary N) is 1. The number of hydrogen-bond acceptors (Lipinski definition) is 3. The maximum absolute atomic E-state index is 12.8. The van der Waals surface area contributed by atoms with E-state index in [1.807, 2.05) is 0 Å². The van der Waals surface area contributed by atoms with Crippen LogP contribution < -0.4 is 5.73 Å². The zero-order chi connectivity index (χ0) is 19.9. The van der Waals surface area contributed by atoms with E-state index >= 15 is 0 Å². The molecule has 2 N–H and O–H groups in total. The highest BCUT2D eigenvalue weighted by molar-refractivity contribution is 6.04. The number of amides is 2. The number of carbonyl (C=O) groups is 2. The molecule has 1 atom stereocenters. The van der Waals surface area contributed by atoms with Crippen molar-refractivity contribution in [3.63, 3.8) is 0 Å². The largest absolute Gasteiger partial charge is 0.368 e. The third-order valence-corrected chi connectivity index (χ3v) is 5.89. The Labute approximate surface area is 166 Å². The molecule has 1 heterocycles. The molecule has 1 aliphatic carbocycles. The van der Waals surface area contributed by atoms with Crippen LogP contribution in [0, 0.1) is 6.07 Å². The number of carbonyl (C=O) groups excluding carboxylic acids is 2. The maximum atomic E-state index is 12.8. The van der Waals surface area contributed by atoms with Gasteiger partial charge in [-0.3, -0.25) is 9.59 Å². The Balaban J connectivity index is 1.51. The van der Waals surface area contributed by atoms with E-state index in [9.17, 15) is 9.59 Å². The van der Waals surface area contributed by atoms with Crippen molar-refractivity contribution in [1.29, 1.82) is 0 Å². The average molecular weight is 376 g/mol. The van der Waals surface area contributed by atoms with Gasteiger partial charge >= 0.3 is 0 Å².